The fourth-order valence-corrected chi connectivity index (χ4v) is 8.87. The zero-order valence-corrected chi connectivity index (χ0v) is 32.8. The fraction of sp³-hybridized carbons (Fsp3) is 0.386. The maximum Gasteiger partial charge on any atom is 0.255 e. The van der Waals surface area contributed by atoms with Crippen molar-refractivity contribution >= 4 is 46.2 Å². The highest BCUT2D eigenvalue weighted by molar-refractivity contribution is 6.06. The Kier molecular flexibility index (Phi) is 10.7. The predicted molar refractivity (Wildman–Crippen MR) is 213 cm³/mol. The molecule has 6 aliphatic heterocycles. The van der Waals surface area contributed by atoms with Gasteiger partial charge in [0.25, 0.3) is 11.8 Å². The molecule has 0 aliphatic carbocycles. The molecule has 15 nitrogen and oxygen atoms in total. The first-order chi connectivity index (χ1) is 29.0. The summed E-state index contributed by atoms with van der Waals surface area (Å²) in [4.78, 5) is 82.4. The predicted octanol–water partition coefficient (Wildman–Crippen LogP) is 2.98. The number of aromatic nitrogens is 1. The molecule has 7 heterocycles. The topological polar surface area (TPSA) is 180 Å². The number of rotatable bonds is 8. The highest BCUT2D eigenvalue weighted by Crippen LogP contribution is 2.33. The number of carbonyl (C=O) groups excluding carboxylic acids is 6. The molecule has 0 spiro atoms. The molecule has 10 rings (SSSR count). The monoisotopic (exact) mass is 817 g/mol. The zero-order chi connectivity index (χ0) is 41.5. The van der Waals surface area contributed by atoms with Crippen LogP contribution in [-0.4, -0.2) is 106 Å². The number of pyridine rings is 1. The number of fused-ring (bicyclic) bond motifs is 3. The van der Waals surface area contributed by atoms with Crippen molar-refractivity contribution in [1.82, 2.24) is 35.6 Å². The quantitative estimate of drug-likeness (QED) is 0.223. The third-order valence-corrected chi connectivity index (χ3v) is 12.0. The molecule has 4 aromatic rings. The lowest BCUT2D eigenvalue weighted by Gasteiger charge is -2.29. The molecule has 3 N–H and O–H groups in total. The van der Waals surface area contributed by atoms with Crippen molar-refractivity contribution in [3.05, 3.63) is 101 Å². The van der Waals surface area contributed by atoms with Crippen LogP contribution in [0.1, 0.15) is 76.1 Å². The number of benzene rings is 3. The number of piperidine rings is 2. The van der Waals surface area contributed by atoms with E-state index in [1.54, 1.807) is 40.3 Å². The molecule has 0 radical (unpaired) electrons. The van der Waals surface area contributed by atoms with Gasteiger partial charge < -0.3 is 24.6 Å². The average Bonchev–Trinajstić information content (AvgIpc) is 4.03. The first-order valence-corrected chi connectivity index (χ1v) is 20.4. The summed E-state index contributed by atoms with van der Waals surface area (Å²) in [6.45, 7) is 4.80. The van der Waals surface area contributed by atoms with E-state index in [9.17, 15) is 33.2 Å². The number of hydrogen-bond donors (Lipinski definition) is 3. The summed E-state index contributed by atoms with van der Waals surface area (Å²) in [5.74, 6) is -0.545. The van der Waals surface area contributed by atoms with Crippen molar-refractivity contribution in [1.29, 1.82) is 0 Å². The van der Waals surface area contributed by atoms with Gasteiger partial charge in [0.15, 0.2) is 0 Å². The Bertz CT molecular complexity index is 2420. The lowest BCUT2D eigenvalue weighted by molar-refractivity contribution is -0.138. The van der Waals surface area contributed by atoms with Crippen molar-refractivity contribution < 1.29 is 42.6 Å². The van der Waals surface area contributed by atoms with Gasteiger partial charge in [0.2, 0.25) is 23.6 Å². The van der Waals surface area contributed by atoms with E-state index < -0.39 is 18.0 Å². The van der Waals surface area contributed by atoms with Gasteiger partial charge in [-0.05, 0) is 103 Å². The lowest BCUT2D eigenvalue weighted by Crippen LogP contribution is -2.52. The van der Waals surface area contributed by atoms with Crippen molar-refractivity contribution in [3.63, 3.8) is 0 Å². The van der Waals surface area contributed by atoms with Crippen LogP contribution in [0.3, 0.4) is 0 Å². The molecule has 4 saturated heterocycles. The zero-order valence-electron chi connectivity index (χ0n) is 32.8. The molecule has 6 amide bonds. The third kappa shape index (κ3) is 8.16. The van der Waals surface area contributed by atoms with Gasteiger partial charge in [-0.1, -0.05) is 6.07 Å². The Morgan fingerprint density at radius 1 is 0.683 bits per heavy atom. The molecule has 1 aromatic heterocycles. The SMILES string of the molecule is O=C1CCC(N2Cc3cc(O[C@H]4CCN(Cc5cc6ccc(F)cc6cn5)C4)ccc3C2=O)C(=O)N1.O=C1CCC(N2Cc3cc(O[C@H]4CCNC4)ccc3C2=O)C(=O)N1. The van der Waals surface area contributed by atoms with E-state index in [2.05, 4.69) is 25.8 Å². The van der Waals surface area contributed by atoms with Crippen LogP contribution in [0.2, 0.25) is 0 Å². The third-order valence-electron chi connectivity index (χ3n) is 12.0. The number of nitrogens with one attached hydrogen (secondary N) is 3. The van der Waals surface area contributed by atoms with Gasteiger partial charge in [0.1, 0.15) is 41.6 Å². The van der Waals surface area contributed by atoms with Gasteiger partial charge in [0, 0.05) is 74.8 Å². The molecule has 4 atom stereocenters. The van der Waals surface area contributed by atoms with E-state index in [0.717, 1.165) is 72.4 Å². The molecule has 3 aromatic carbocycles. The van der Waals surface area contributed by atoms with Crippen LogP contribution in [0.15, 0.2) is 66.9 Å². The van der Waals surface area contributed by atoms with E-state index >= 15 is 0 Å². The van der Waals surface area contributed by atoms with Gasteiger partial charge >= 0.3 is 0 Å². The molecular formula is C44H44FN7O8. The Morgan fingerprint density at radius 3 is 1.88 bits per heavy atom. The Hall–Kier alpha value is -6.26. The summed E-state index contributed by atoms with van der Waals surface area (Å²) in [5.41, 5.74) is 3.81. The Labute approximate surface area is 344 Å². The highest BCUT2D eigenvalue weighted by atomic mass is 19.1. The summed E-state index contributed by atoms with van der Waals surface area (Å²) in [7, 11) is 0. The van der Waals surface area contributed by atoms with Gasteiger partial charge in [0.05, 0.1) is 5.69 Å². The number of carbonyl (C=O) groups is 6. The van der Waals surface area contributed by atoms with Crippen LogP contribution < -0.4 is 25.4 Å². The minimum Gasteiger partial charge on any atom is -0.489 e. The van der Waals surface area contributed by atoms with Crippen molar-refractivity contribution in [3.8, 4) is 11.5 Å². The largest absolute Gasteiger partial charge is 0.489 e. The molecule has 310 valence electrons. The number of imide groups is 2. The van der Waals surface area contributed by atoms with Crippen LogP contribution in [0, 0.1) is 5.82 Å². The molecule has 16 heteroatoms. The molecular weight excluding hydrogens is 774 g/mol. The van der Waals surface area contributed by atoms with Crippen LogP contribution in [0.25, 0.3) is 10.8 Å². The summed E-state index contributed by atoms with van der Waals surface area (Å²) in [5, 5.41) is 9.64. The molecule has 60 heavy (non-hydrogen) atoms. The first-order valence-electron chi connectivity index (χ1n) is 20.4. The second-order valence-electron chi connectivity index (χ2n) is 16.1. The molecule has 2 unspecified atom stereocenters. The number of likely N-dealkylation sites (tertiary alicyclic amines) is 1. The first kappa shape index (κ1) is 39.2. The number of nitrogens with zero attached hydrogens (tertiary/aromatic N) is 4. The van der Waals surface area contributed by atoms with E-state index in [1.165, 1.54) is 12.1 Å². The maximum absolute atomic E-state index is 13.4. The summed E-state index contributed by atoms with van der Waals surface area (Å²) >= 11 is 0. The normalized spacial score (nSPS) is 23.9. The molecule has 4 fully saturated rings. The number of hydrogen-bond acceptors (Lipinski definition) is 11. The van der Waals surface area contributed by atoms with Crippen LogP contribution in [0.5, 0.6) is 11.5 Å². The minimum absolute atomic E-state index is 0.0148. The Balaban J connectivity index is 0.000000167. The van der Waals surface area contributed by atoms with Gasteiger partial charge in [-0.3, -0.25) is 49.3 Å². The number of amides is 6. The molecule has 0 saturated carbocycles. The molecule has 0 bridgehead atoms. The van der Waals surface area contributed by atoms with Crippen LogP contribution in [-0.2, 0) is 38.8 Å². The summed E-state index contributed by atoms with van der Waals surface area (Å²) in [6, 6.07) is 16.4. The van der Waals surface area contributed by atoms with E-state index in [0.29, 0.717) is 49.4 Å². The smallest absolute Gasteiger partial charge is 0.255 e. The number of ether oxygens (including phenoxy) is 2. The van der Waals surface area contributed by atoms with Crippen molar-refractivity contribution in [2.24, 2.45) is 0 Å². The van der Waals surface area contributed by atoms with Crippen LogP contribution >= 0.6 is 0 Å². The summed E-state index contributed by atoms with van der Waals surface area (Å²) < 4.78 is 25.6. The molecule has 6 aliphatic rings. The second kappa shape index (κ2) is 16.4. The van der Waals surface area contributed by atoms with Gasteiger partial charge in [-0.25, -0.2) is 4.39 Å². The minimum atomic E-state index is -0.627. The van der Waals surface area contributed by atoms with E-state index in [4.69, 9.17) is 9.47 Å². The standard InChI is InChI=1S/C27H25FN4O4.C17H19N3O4/c28-19-2-1-16-10-20(29-12-17(16)9-19)14-31-8-7-22(15-31)36-21-3-4-23-18(11-21)13-32(27(23)35)24-5-6-25(33)30-26(24)34;21-15-4-3-14(16(22)19-15)20-9-10-7-11(1-2-13(10)17(20)23)24-12-5-6-18-8-12/h1-4,9-12,22,24H,5-8,13-15H2,(H,30,33,34);1-2,7,12,14,18H,3-6,8-9H2,(H,19,21,22)/t22-,24?;12-,14?/m00/s1. The highest BCUT2D eigenvalue weighted by Gasteiger charge is 2.41. The van der Waals surface area contributed by atoms with Crippen LogP contribution in [0.4, 0.5) is 4.39 Å². The number of halogens is 1. The fourth-order valence-electron chi connectivity index (χ4n) is 8.87. The van der Waals surface area contributed by atoms with E-state index in [-0.39, 0.29) is 60.4 Å². The van der Waals surface area contributed by atoms with E-state index in [1.807, 2.05) is 24.3 Å². The summed E-state index contributed by atoms with van der Waals surface area (Å²) in [6.07, 6.45) is 4.94. The van der Waals surface area contributed by atoms with Gasteiger partial charge in [-0.15, -0.1) is 0 Å². The average molecular weight is 818 g/mol. The van der Waals surface area contributed by atoms with Crippen molar-refractivity contribution in [2.75, 3.05) is 26.2 Å². The Morgan fingerprint density at radius 2 is 1.30 bits per heavy atom. The van der Waals surface area contributed by atoms with Gasteiger partial charge in [-0.2, -0.15) is 0 Å². The second-order valence-corrected chi connectivity index (χ2v) is 16.1. The lowest BCUT2D eigenvalue weighted by atomic mass is 10.0. The maximum atomic E-state index is 13.4. The van der Waals surface area contributed by atoms with Crippen molar-refractivity contribution in [2.45, 2.75) is 82.5 Å².